The van der Waals surface area contributed by atoms with Crippen LogP contribution in [0.25, 0.3) is 87.0 Å². The molecule has 0 spiro atoms. The van der Waals surface area contributed by atoms with Crippen molar-refractivity contribution < 1.29 is 93.8 Å². The normalized spacial score (nSPS) is 16.1. The van der Waals surface area contributed by atoms with Crippen molar-refractivity contribution in [3.63, 3.8) is 0 Å². The van der Waals surface area contributed by atoms with Gasteiger partial charge in [0.15, 0.2) is 5.82 Å². The van der Waals surface area contributed by atoms with Crippen LogP contribution in [0.4, 0.5) is 17.6 Å². The molecule has 8 aromatic carbocycles. The number of methoxy groups -OCH3 is 1. The number of aromatic hydroxyl groups is 4. The van der Waals surface area contributed by atoms with E-state index in [0.717, 1.165) is 114 Å². The molecule has 140 heavy (non-hydrogen) atoms. The zero-order valence-electron chi connectivity index (χ0n) is 79.8. The van der Waals surface area contributed by atoms with E-state index in [9.17, 15) is 44.0 Å². The SMILES string of the molecule is CCOC(=O)c1c(C)oc2c1c(C(c1ccncc1)N1CCN(C)CC1)c(O)c1c(F)c(Cl)ccc12.CCOC(=O)c1c(C)oc2c1c(C(c1ccncc1)N1CCN(C)CC1)c(O)c1c(F)cccc12.CCOC(=O)c1c(C)oc2c1c(C(c1ccncc1)N1CCN(C)CC1)c(O)c1cc(F)ccc12.COC(=O)c1c(C)oc2c1c(C(c1ccncc1)N1CCN(C)CC1)c(O)c1c(F)cccc12. The molecule has 4 atom stereocenters. The van der Waals surface area contributed by atoms with E-state index in [-0.39, 0.29) is 86.3 Å². The molecule has 4 aliphatic heterocycles. The van der Waals surface area contributed by atoms with Crippen molar-refractivity contribution in [2.24, 2.45) is 0 Å². The number of pyridine rings is 4. The van der Waals surface area contributed by atoms with Crippen LogP contribution in [0, 0.1) is 51.0 Å². The van der Waals surface area contributed by atoms with E-state index >= 15 is 13.2 Å². The number of furan rings is 4. The number of carbonyl (C=O) groups is 4. The second-order valence-corrected chi connectivity index (χ2v) is 35.9. The fourth-order valence-electron chi connectivity index (χ4n) is 20.3. The molecule has 0 amide bonds. The summed E-state index contributed by atoms with van der Waals surface area (Å²) in [6.07, 6.45) is 13.5. The summed E-state index contributed by atoms with van der Waals surface area (Å²) in [7, 11) is 9.57. The van der Waals surface area contributed by atoms with Crippen LogP contribution in [0.1, 0.15) is 154 Å². The topological polar surface area (TPSA) is 316 Å². The van der Waals surface area contributed by atoms with E-state index in [1.807, 2.05) is 48.5 Å². The van der Waals surface area contributed by atoms with Crippen LogP contribution in [-0.4, -0.2) is 263 Å². The van der Waals surface area contributed by atoms with Gasteiger partial charge in [0.05, 0.1) is 72.3 Å². The van der Waals surface area contributed by atoms with E-state index < -0.39 is 71.3 Å². The van der Waals surface area contributed by atoms with E-state index in [4.69, 9.17) is 48.2 Å². The van der Waals surface area contributed by atoms with Gasteiger partial charge < -0.3 is 76.6 Å². The number of piperazine rings is 4. The number of aryl methyl sites for hydroxylation is 4. The molecule has 728 valence electrons. The molecule has 4 saturated heterocycles. The molecule has 4 unspecified atom stereocenters. The standard InChI is InChI=1S/C27H27ClFN3O4.2C27H28FN3O4.C26H26FN3O4/c1-4-35-27(34)19-15(2)36-26-17-5-6-18(28)23(29)20(17)25(33)22(21(19)26)24(16-7-9-30-10-8-16)32-13-11-31(3)12-14-32;1-4-34-27(33)21-16(2)35-26-19-6-5-18(28)15-20(19)25(32)23(22(21)26)24(17-7-9-29-10-8-17)31-13-11-30(3)12-14-31;1-4-34-27(33)20-16(2)35-26-18-6-5-7-19(28)21(18)25(32)23(22(20)26)24(17-8-10-29-11-9-17)31-14-12-30(3)13-15-31;1-15-19(26(32)33-3)21-22(24(31)20-17(25(21)34-15)5-4-6-18(20)27)23(16-7-9-28-10-8-16)30-13-11-29(2)12-14-30/h5-10,24,33H,4,11-14H2,1-3H3;5-10,15,24,32H,4,11-14H2,1-3H3;5-11,24,32H,4,12-15H2,1-3H3;4-10,23,31H,11-14H2,1-3H3. The number of hydrogen-bond acceptors (Lipinski definition) is 28. The molecule has 4 aliphatic rings. The number of benzene rings is 8. The number of phenolic OH excluding ortho intramolecular Hbond substituents is 4. The molecule has 28 nitrogen and oxygen atoms in total. The molecular formula is C107H109ClF4N12O16. The Balaban J connectivity index is 0.000000129. The highest BCUT2D eigenvalue weighted by molar-refractivity contribution is 6.32. The van der Waals surface area contributed by atoms with Gasteiger partial charge in [0.2, 0.25) is 0 Å². The van der Waals surface area contributed by atoms with Gasteiger partial charge in [-0.2, -0.15) is 0 Å². The number of carbonyl (C=O) groups excluding carboxylic acids is 4. The number of phenols is 4. The number of likely N-dealkylation sites (N-methyl/N-ethyl adjacent to an activating group) is 4. The highest BCUT2D eigenvalue weighted by atomic mass is 35.5. The van der Waals surface area contributed by atoms with Crippen molar-refractivity contribution in [3.8, 4) is 23.0 Å². The summed E-state index contributed by atoms with van der Waals surface area (Å²) in [5.41, 5.74) is 7.73. The Kier molecular flexibility index (Phi) is 29.2. The van der Waals surface area contributed by atoms with Crippen molar-refractivity contribution in [2.45, 2.75) is 72.6 Å². The van der Waals surface area contributed by atoms with Gasteiger partial charge in [-0.15, -0.1) is 0 Å². The van der Waals surface area contributed by atoms with Crippen LogP contribution in [-0.2, 0) is 18.9 Å². The molecule has 0 aliphatic carbocycles. The highest BCUT2D eigenvalue weighted by Gasteiger charge is 2.42. The summed E-state index contributed by atoms with van der Waals surface area (Å²) in [5, 5.41) is 50.7. The van der Waals surface area contributed by atoms with Crippen molar-refractivity contribution in [2.75, 3.05) is 160 Å². The van der Waals surface area contributed by atoms with Crippen LogP contribution in [0.2, 0.25) is 5.02 Å². The average molecular weight is 1930 g/mol. The van der Waals surface area contributed by atoms with Gasteiger partial charge in [-0.05, 0) is 190 Å². The second-order valence-electron chi connectivity index (χ2n) is 35.5. The Bertz CT molecular complexity index is 7350. The minimum atomic E-state index is -0.742. The van der Waals surface area contributed by atoms with E-state index in [0.29, 0.717) is 129 Å². The summed E-state index contributed by atoms with van der Waals surface area (Å²) >= 11 is 6.14. The third-order valence-corrected chi connectivity index (χ3v) is 27.4. The fourth-order valence-corrected chi connectivity index (χ4v) is 20.4. The molecular weight excluding hydrogens is 1820 g/mol. The number of nitrogens with zero attached hydrogens (tertiary/aromatic N) is 12. The number of fused-ring (bicyclic) bond motifs is 12. The van der Waals surface area contributed by atoms with Crippen LogP contribution < -0.4 is 0 Å². The molecule has 8 aromatic heterocycles. The van der Waals surface area contributed by atoms with E-state index in [1.165, 1.54) is 37.4 Å². The summed E-state index contributed by atoms with van der Waals surface area (Å²) in [5.74, 6) is -3.80. The fraction of sp³-hybridized carbons (Fsp3) is 0.327. The summed E-state index contributed by atoms with van der Waals surface area (Å²) < 4.78 is 106. The highest BCUT2D eigenvalue weighted by Crippen LogP contribution is 2.55. The largest absolute Gasteiger partial charge is 0.507 e. The lowest BCUT2D eigenvalue weighted by molar-refractivity contribution is 0.0516. The molecule has 0 bridgehead atoms. The third-order valence-electron chi connectivity index (χ3n) is 27.1. The number of aromatic nitrogens is 4. The Labute approximate surface area is 809 Å². The quantitative estimate of drug-likeness (QED) is 0.0332. The summed E-state index contributed by atoms with van der Waals surface area (Å²) in [6, 6.07) is 29.6. The zero-order valence-corrected chi connectivity index (χ0v) is 80.5. The van der Waals surface area contributed by atoms with Gasteiger partial charge in [0.25, 0.3) is 0 Å². The number of halogens is 5. The van der Waals surface area contributed by atoms with Gasteiger partial charge in [-0.3, -0.25) is 39.5 Å². The van der Waals surface area contributed by atoms with Gasteiger partial charge in [-0.25, -0.2) is 36.7 Å². The van der Waals surface area contributed by atoms with Crippen LogP contribution in [0.3, 0.4) is 0 Å². The molecule has 16 aromatic rings. The monoisotopic (exact) mass is 1930 g/mol. The first-order valence-corrected chi connectivity index (χ1v) is 47.0. The summed E-state index contributed by atoms with van der Waals surface area (Å²) in [6.45, 7) is 25.0. The van der Waals surface area contributed by atoms with Crippen LogP contribution in [0.15, 0.2) is 183 Å². The second kappa shape index (κ2) is 41.8. The lowest BCUT2D eigenvalue weighted by Crippen LogP contribution is -2.46. The smallest absolute Gasteiger partial charge is 0.342 e. The maximum atomic E-state index is 15.5. The van der Waals surface area contributed by atoms with Crippen LogP contribution in [0.5, 0.6) is 23.0 Å². The maximum Gasteiger partial charge on any atom is 0.342 e. The predicted octanol–water partition coefficient (Wildman–Crippen LogP) is 18.9. The minimum absolute atomic E-state index is 0.0395. The van der Waals surface area contributed by atoms with Gasteiger partial charge in [0, 0.05) is 225 Å². The van der Waals surface area contributed by atoms with Crippen molar-refractivity contribution >= 4 is 122 Å². The Morgan fingerprint density at radius 2 is 0.621 bits per heavy atom. The zero-order chi connectivity index (χ0) is 98.9. The van der Waals surface area contributed by atoms with Crippen molar-refractivity contribution in [1.82, 2.24) is 59.1 Å². The van der Waals surface area contributed by atoms with Crippen molar-refractivity contribution in [1.29, 1.82) is 0 Å². The molecule has 4 fully saturated rings. The lowest BCUT2D eigenvalue weighted by atomic mass is 9.88. The minimum Gasteiger partial charge on any atom is -0.507 e. The van der Waals surface area contributed by atoms with Crippen molar-refractivity contribution in [3.05, 3.63) is 283 Å². The molecule has 4 N–H and O–H groups in total. The lowest BCUT2D eigenvalue weighted by Gasteiger charge is -2.39. The van der Waals surface area contributed by atoms with E-state index in [1.54, 1.807) is 134 Å². The first-order valence-electron chi connectivity index (χ1n) is 46.6. The predicted molar refractivity (Wildman–Crippen MR) is 525 cm³/mol. The van der Waals surface area contributed by atoms with Gasteiger partial charge in [0.1, 0.15) is 108 Å². The van der Waals surface area contributed by atoms with E-state index in [2.05, 4.69) is 87.3 Å². The number of rotatable bonds is 19. The number of ether oxygens (including phenoxy) is 4. The molecule has 33 heteroatoms. The maximum absolute atomic E-state index is 15.5. The number of hydrogen-bond donors (Lipinski definition) is 4. The molecule has 0 saturated carbocycles. The molecule has 12 heterocycles. The molecule has 20 rings (SSSR count). The van der Waals surface area contributed by atoms with Crippen LogP contribution >= 0.6 is 11.6 Å². The number of esters is 4. The Hall–Kier alpha value is -13.7. The Morgan fingerprint density at radius 3 is 0.921 bits per heavy atom. The first kappa shape index (κ1) is 98.0. The first-order chi connectivity index (χ1) is 67.6. The third kappa shape index (κ3) is 18.5. The average Bonchev–Trinajstić information content (AvgIpc) is 1.54. The van der Waals surface area contributed by atoms with Gasteiger partial charge >= 0.3 is 23.9 Å². The molecule has 0 radical (unpaired) electrons. The van der Waals surface area contributed by atoms with Gasteiger partial charge in [-0.1, -0.05) is 35.9 Å². The summed E-state index contributed by atoms with van der Waals surface area (Å²) in [4.78, 5) is 86.8. The Morgan fingerprint density at radius 1 is 0.350 bits per heavy atom.